The number of anilines is 2. The van der Waals surface area contributed by atoms with Gasteiger partial charge in [0.2, 0.25) is 5.91 Å². The molecule has 0 spiro atoms. The Labute approximate surface area is 204 Å². The van der Waals surface area contributed by atoms with Crippen LogP contribution in [0.25, 0.3) is 0 Å². The van der Waals surface area contributed by atoms with Crippen molar-refractivity contribution in [3.05, 3.63) is 89.7 Å². The van der Waals surface area contributed by atoms with Gasteiger partial charge >= 0.3 is 6.03 Å². The molecule has 1 atom stereocenters. The maximum atomic E-state index is 13.0. The minimum atomic E-state index is -0.707. The van der Waals surface area contributed by atoms with E-state index in [1.165, 1.54) is 12.1 Å². The van der Waals surface area contributed by atoms with Crippen LogP contribution in [0.1, 0.15) is 30.4 Å². The van der Waals surface area contributed by atoms with Crippen molar-refractivity contribution >= 4 is 23.3 Å². The second-order valence-corrected chi connectivity index (χ2v) is 8.23. The number of hydrogen-bond acceptors (Lipinski definition) is 4. The lowest BCUT2D eigenvalue weighted by molar-refractivity contribution is -0.118. The average molecular weight is 479 g/mol. The minimum Gasteiger partial charge on any atom is -0.489 e. The van der Waals surface area contributed by atoms with E-state index in [1.54, 1.807) is 36.4 Å². The largest absolute Gasteiger partial charge is 0.489 e. The molecule has 0 saturated carbocycles. The summed E-state index contributed by atoms with van der Waals surface area (Å²) < 4.78 is 18.7. The molecule has 3 aromatic carbocycles. The van der Waals surface area contributed by atoms with Gasteiger partial charge in [0, 0.05) is 11.4 Å². The fourth-order valence-electron chi connectivity index (χ4n) is 3.34. The zero-order chi connectivity index (χ0) is 25.0. The Balaban J connectivity index is 1.53. The summed E-state index contributed by atoms with van der Waals surface area (Å²) >= 11 is 0. The summed E-state index contributed by atoms with van der Waals surface area (Å²) in [6, 6.07) is 19.2. The van der Waals surface area contributed by atoms with Crippen LogP contribution in [-0.2, 0) is 11.4 Å². The molecule has 0 aromatic heterocycles. The molecule has 0 aliphatic rings. The van der Waals surface area contributed by atoms with Crippen molar-refractivity contribution in [1.29, 1.82) is 0 Å². The van der Waals surface area contributed by atoms with Crippen LogP contribution in [0.4, 0.5) is 20.6 Å². The lowest BCUT2D eigenvalue weighted by Gasteiger charge is -2.19. The van der Waals surface area contributed by atoms with E-state index in [0.29, 0.717) is 43.1 Å². The number of ether oxygens (including phenoxy) is 1. The number of nitrogens with two attached hydrogens (primary N) is 1. The Bertz CT molecular complexity index is 1090. The molecule has 5 N–H and O–H groups in total. The van der Waals surface area contributed by atoms with Gasteiger partial charge in [-0.25, -0.2) is 9.18 Å². The Hall–Kier alpha value is -3.91. The first kappa shape index (κ1) is 25.7. The Morgan fingerprint density at radius 3 is 2.17 bits per heavy atom. The van der Waals surface area contributed by atoms with Crippen molar-refractivity contribution in [3.63, 3.8) is 0 Å². The van der Waals surface area contributed by atoms with Crippen molar-refractivity contribution in [2.45, 2.75) is 38.8 Å². The standard InChI is InChI=1S/C27H31FN4O3/c1-19-5-11-22(12-6-19)30-26(33)25(4-2-3-17-29)32-27(34)31-23-13-15-24(16-14-23)35-18-20-7-9-21(28)10-8-20/h5-16,25H,2-4,17-18,29H2,1H3,(H,30,33)(H2,31,32,34)/t25-/m0/s1. The molecule has 0 aliphatic heterocycles. The highest BCUT2D eigenvalue weighted by Gasteiger charge is 2.20. The fraction of sp³-hybridized carbons (Fsp3) is 0.259. The first-order valence-electron chi connectivity index (χ1n) is 11.6. The van der Waals surface area contributed by atoms with Crippen molar-refractivity contribution in [3.8, 4) is 5.75 Å². The van der Waals surface area contributed by atoms with Crippen molar-refractivity contribution in [1.82, 2.24) is 5.32 Å². The van der Waals surface area contributed by atoms with E-state index >= 15 is 0 Å². The second kappa shape index (κ2) is 13.1. The van der Waals surface area contributed by atoms with Gasteiger partial charge in [0.25, 0.3) is 0 Å². The van der Waals surface area contributed by atoms with E-state index in [0.717, 1.165) is 17.5 Å². The molecule has 0 bridgehead atoms. The van der Waals surface area contributed by atoms with Crippen molar-refractivity contribution in [2.75, 3.05) is 17.2 Å². The molecular weight excluding hydrogens is 447 g/mol. The van der Waals surface area contributed by atoms with Crippen molar-refractivity contribution < 1.29 is 18.7 Å². The topological polar surface area (TPSA) is 105 Å². The van der Waals surface area contributed by atoms with E-state index in [4.69, 9.17) is 10.5 Å². The molecule has 7 nitrogen and oxygen atoms in total. The number of aryl methyl sites for hydroxylation is 1. The van der Waals surface area contributed by atoms with Crippen LogP contribution in [0, 0.1) is 12.7 Å². The summed E-state index contributed by atoms with van der Waals surface area (Å²) in [5.74, 6) is 0.0275. The summed E-state index contributed by atoms with van der Waals surface area (Å²) in [6.45, 7) is 2.79. The van der Waals surface area contributed by atoms with Gasteiger partial charge in [-0.15, -0.1) is 0 Å². The van der Waals surface area contributed by atoms with Gasteiger partial charge in [-0.1, -0.05) is 29.8 Å². The summed E-state index contributed by atoms with van der Waals surface area (Å²) in [5.41, 5.74) is 8.74. The third kappa shape index (κ3) is 8.75. The van der Waals surface area contributed by atoms with Gasteiger partial charge < -0.3 is 26.4 Å². The molecule has 0 unspecified atom stereocenters. The Morgan fingerprint density at radius 1 is 0.886 bits per heavy atom. The summed E-state index contributed by atoms with van der Waals surface area (Å²) in [7, 11) is 0. The van der Waals surface area contributed by atoms with E-state index < -0.39 is 12.1 Å². The molecule has 0 heterocycles. The van der Waals surface area contributed by atoms with Crippen LogP contribution in [-0.4, -0.2) is 24.5 Å². The van der Waals surface area contributed by atoms with Gasteiger partial charge in [0.05, 0.1) is 0 Å². The quantitative estimate of drug-likeness (QED) is 0.292. The zero-order valence-corrected chi connectivity index (χ0v) is 19.7. The SMILES string of the molecule is Cc1ccc(NC(=O)[C@H](CCCCN)NC(=O)Nc2ccc(OCc3ccc(F)cc3)cc2)cc1. The van der Waals surface area contributed by atoms with E-state index in [9.17, 15) is 14.0 Å². The second-order valence-electron chi connectivity index (χ2n) is 8.23. The number of unbranched alkanes of at least 4 members (excludes halogenated alkanes) is 1. The molecule has 0 radical (unpaired) electrons. The van der Waals surface area contributed by atoms with Gasteiger partial charge in [0.15, 0.2) is 0 Å². The first-order valence-corrected chi connectivity index (χ1v) is 11.6. The number of carbonyl (C=O) groups excluding carboxylic acids is 2. The van der Waals surface area contributed by atoms with Crippen LogP contribution >= 0.6 is 0 Å². The molecule has 3 rings (SSSR count). The maximum absolute atomic E-state index is 13.0. The number of nitrogens with one attached hydrogen (secondary N) is 3. The monoisotopic (exact) mass is 478 g/mol. The molecule has 35 heavy (non-hydrogen) atoms. The first-order chi connectivity index (χ1) is 16.9. The molecule has 0 aliphatic carbocycles. The van der Waals surface area contributed by atoms with E-state index in [2.05, 4.69) is 16.0 Å². The van der Waals surface area contributed by atoms with Crippen LogP contribution < -0.4 is 26.4 Å². The zero-order valence-electron chi connectivity index (χ0n) is 19.7. The third-order valence-electron chi connectivity index (χ3n) is 5.32. The number of carbonyl (C=O) groups is 2. The minimum absolute atomic E-state index is 0.287. The predicted octanol–water partition coefficient (Wildman–Crippen LogP) is 4.97. The molecule has 184 valence electrons. The molecular formula is C27H31FN4O3. The van der Waals surface area contributed by atoms with Crippen molar-refractivity contribution in [2.24, 2.45) is 5.73 Å². The number of urea groups is 1. The van der Waals surface area contributed by atoms with Crippen LogP contribution in [0.3, 0.4) is 0 Å². The molecule has 8 heteroatoms. The normalized spacial score (nSPS) is 11.4. The van der Waals surface area contributed by atoms with E-state index in [-0.39, 0.29) is 11.7 Å². The Kier molecular flexibility index (Phi) is 9.62. The van der Waals surface area contributed by atoms with Crippen LogP contribution in [0.5, 0.6) is 5.75 Å². The van der Waals surface area contributed by atoms with Gasteiger partial charge in [-0.2, -0.15) is 0 Å². The molecule has 3 amide bonds. The summed E-state index contributed by atoms with van der Waals surface area (Å²) in [5, 5.41) is 8.35. The maximum Gasteiger partial charge on any atom is 0.319 e. The highest BCUT2D eigenvalue weighted by Crippen LogP contribution is 2.18. The lowest BCUT2D eigenvalue weighted by Crippen LogP contribution is -2.45. The number of rotatable bonds is 11. The van der Waals surface area contributed by atoms with Crippen LogP contribution in [0.15, 0.2) is 72.8 Å². The molecule has 3 aromatic rings. The summed E-state index contributed by atoms with van der Waals surface area (Å²) in [6.07, 6.45) is 1.94. The average Bonchev–Trinajstić information content (AvgIpc) is 2.85. The van der Waals surface area contributed by atoms with Gasteiger partial charge in [-0.05, 0) is 86.8 Å². The third-order valence-corrected chi connectivity index (χ3v) is 5.32. The van der Waals surface area contributed by atoms with Crippen LogP contribution in [0.2, 0.25) is 0 Å². The summed E-state index contributed by atoms with van der Waals surface area (Å²) in [4.78, 5) is 25.4. The Morgan fingerprint density at radius 2 is 1.51 bits per heavy atom. The number of hydrogen-bond donors (Lipinski definition) is 4. The number of halogens is 1. The van der Waals surface area contributed by atoms with Gasteiger partial charge in [-0.3, -0.25) is 4.79 Å². The van der Waals surface area contributed by atoms with E-state index in [1.807, 2.05) is 31.2 Å². The smallest absolute Gasteiger partial charge is 0.319 e. The predicted molar refractivity (Wildman–Crippen MR) is 136 cm³/mol. The highest BCUT2D eigenvalue weighted by molar-refractivity contribution is 5.99. The highest BCUT2D eigenvalue weighted by atomic mass is 19.1. The lowest BCUT2D eigenvalue weighted by atomic mass is 10.1. The number of benzene rings is 3. The molecule has 0 fully saturated rings. The van der Waals surface area contributed by atoms with Gasteiger partial charge in [0.1, 0.15) is 24.2 Å². The fourth-order valence-corrected chi connectivity index (χ4v) is 3.34. The number of amides is 3. The molecule has 0 saturated heterocycles.